The van der Waals surface area contributed by atoms with Crippen LogP contribution in [-0.4, -0.2) is 5.54 Å². The maximum atomic E-state index is 6.77. The standard InChI is InChI=1S/C18H29N/c1-14(2)16-9-7-15(8-10-16)13-18(19)12-6-5-11-17(18,3)4/h7-10,14H,5-6,11-13,19H2,1-4H3. The van der Waals surface area contributed by atoms with Crippen LogP contribution >= 0.6 is 0 Å². The fourth-order valence-corrected chi connectivity index (χ4v) is 3.31. The zero-order valence-corrected chi connectivity index (χ0v) is 13.0. The monoisotopic (exact) mass is 259 g/mol. The Kier molecular flexibility index (Phi) is 4.06. The predicted octanol–water partition coefficient (Wildman–Crippen LogP) is 4.65. The Balaban J connectivity index is 2.15. The molecule has 2 N–H and O–H groups in total. The molecule has 1 aromatic rings. The van der Waals surface area contributed by atoms with Crippen molar-refractivity contribution < 1.29 is 0 Å². The van der Waals surface area contributed by atoms with Crippen LogP contribution in [0.4, 0.5) is 0 Å². The van der Waals surface area contributed by atoms with Gasteiger partial charge in [-0.25, -0.2) is 0 Å². The molecule has 1 aromatic carbocycles. The number of hydrogen-bond acceptors (Lipinski definition) is 1. The third kappa shape index (κ3) is 3.02. The van der Waals surface area contributed by atoms with Crippen LogP contribution in [0.25, 0.3) is 0 Å². The van der Waals surface area contributed by atoms with E-state index in [0.717, 1.165) is 12.8 Å². The molecular formula is C18H29N. The second-order valence-electron chi connectivity index (χ2n) is 7.32. The van der Waals surface area contributed by atoms with Gasteiger partial charge < -0.3 is 5.73 Å². The Morgan fingerprint density at radius 3 is 2.16 bits per heavy atom. The molecule has 0 heterocycles. The summed E-state index contributed by atoms with van der Waals surface area (Å²) in [6.45, 7) is 9.16. The van der Waals surface area contributed by atoms with Gasteiger partial charge in [-0.3, -0.25) is 0 Å². The summed E-state index contributed by atoms with van der Waals surface area (Å²) in [4.78, 5) is 0. The smallest absolute Gasteiger partial charge is 0.0246 e. The van der Waals surface area contributed by atoms with Crippen LogP contribution in [0, 0.1) is 5.41 Å². The van der Waals surface area contributed by atoms with Crippen LogP contribution in [0.15, 0.2) is 24.3 Å². The van der Waals surface area contributed by atoms with E-state index < -0.39 is 0 Å². The molecule has 1 heteroatoms. The van der Waals surface area contributed by atoms with E-state index in [0.29, 0.717) is 5.92 Å². The summed E-state index contributed by atoms with van der Waals surface area (Å²) in [5.74, 6) is 0.604. The zero-order valence-electron chi connectivity index (χ0n) is 13.0. The van der Waals surface area contributed by atoms with E-state index in [1.807, 2.05) is 0 Å². The van der Waals surface area contributed by atoms with Crippen LogP contribution in [0.1, 0.15) is 70.4 Å². The van der Waals surface area contributed by atoms with Crippen molar-refractivity contribution in [2.45, 2.75) is 71.3 Å². The van der Waals surface area contributed by atoms with Gasteiger partial charge in [-0.15, -0.1) is 0 Å². The van der Waals surface area contributed by atoms with E-state index >= 15 is 0 Å². The largest absolute Gasteiger partial charge is 0.324 e. The minimum Gasteiger partial charge on any atom is -0.324 e. The van der Waals surface area contributed by atoms with Gasteiger partial charge in [0.1, 0.15) is 0 Å². The third-order valence-electron chi connectivity index (χ3n) is 5.19. The van der Waals surface area contributed by atoms with Gasteiger partial charge in [0.05, 0.1) is 0 Å². The van der Waals surface area contributed by atoms with E-state index in [9.17, 15) is 0 Å². The summed E-state index contributed by atoms with van der Waals surface area (Å²) in [6, 6.07) is 9.07. The Hall–Kier alpha value is -0.820. The van der Waals surface area contributed by atoms with Crippen molar-refractivity contribution in [3.8, 4) is 0 Å². The maximum absolute atomic E-state index is 6.77. The lowest BCUT2D eigenvalue weighted by molar-refractivity contribution is 0.0990. The molecule has 1 fully saturated rings. The average Bonchev–Trinajstić information content (AvgIpc) is 2.34. The zero-order chi connectivity index (χ0) is 14.1. The van der Waals surface area contributed by atoms with Crippen LogP contribution < -0.4 is 5.73 Å². The van der Waals surface area contributed by atoms with Crippen LogP contribution in [0.5, 0.6) is 0 Å². The average molecular weight is 259 g/mol. The van der Waals surface area contributed by atoms with Crippen molar-refractivity contribution in [1.29, 1.82) is 0 Å². The van der Waals surface area contributed by atoms with Gasteiger partial charge in [-0.05, 0) is 41.7 Å². The van der Waals surface area contributed by atoms with Crippen LogP contribution in [0.2, 0.25) is 0 Å². The highest BCUT2D eigenvalue weighted by Gasteiger charge is 2.43. The lowest BCUT2D eigenvalue weighted by atomic mass is 9.61. The molecule has 0 aliphatic heterocycles. The lowest BCUT2D eigenvalue weighted by Crippen LogP contribution is -2.56. The molecule has 0 spiro atoms. The molecular weight excluding hydrogens is 230 g/mol. The molecule has 1 nitrogen and oxygen atoms in total. The SMILES string of the molecule is CC(C)c1ccc(CC2(N)CCCCC2(C)C)cc1. The first-order valence-electron chi connectivity index (χ1n) is 7.72. The molecule has 0 saturated heterocycles. The Bertz CT molecular complexity index is 416. The van der Waals surface area contributed by atoms with Crippen LogP contribution in [0.3, 0.4) is 0 Å². The van der Waals surface area contributed by atoms with Crippen molar-refractivity contribution in [3.63, 3.8) is 0 Å². The van der Waals surface area contributed by atoms with E-state index in [2.05, 4.69) is 52.0 Å². The third-order valence-corrected chi connectivity index (χ3v) is 5.19. The lowest BCUT2D eigenvalue weighted by Gasteiger charge is -2.48. The molecule has 0 aromatic heterocycles. The Labute approximate surface area is 118 Å². The molecule has 1 aliphatic rings. The molecule has 1 atom stereocenters. The van der Waals surface area contributed by atoms with Crippen LogP contribution in [-0.2, 0) is 6.42 Å². The fourth-order valence-electron chi connectivity index (χ4n) is 3.31. The summed E-state index contributed by atoms with van der Waals surface area (Å²) in [5.41, 5.74) is 9.79. The van der Waals surface area contributed by atoms with Gasteiger partial charge in [0.15, 0.2) is 0 Å². The van der Waals surface area contributed by atoms with Gasteiger partial charge in [-0.1, -0.05) is 64.8 Å². The van der Waals surface area contributed by atoms with Crippen molar-refractivity contribution in [3.05, 3.63) is 35.4 Å². The molecule has 106 valence electrons. The number of rotatable bonds is 3. The number of hydrogen-bond donors (Lipinski definition) is 1. The van der Waals surface area contributed by atoms with Gasteiger partial charge >= 0.3 is 0 Å². The molecule has 1 unspecified atom stereocenters. The second-order valence-corrected chi connectivity index (χ2v) is 7.32. The molecule has 1 saturated carbocycles. The highest BCUT2D eigenvalue weighted by Crippen LogP contribution is 2.43. The predicted molar refractivity (Wildman–Crippen MR) is 83.4 cm³/mol. The van der Waals surface area contributed by atoms with E-state index in [1.54, 1.807) is 0 Å². The summed E-state index contributed by atoms with van der Waals surface area (Å²) in [5, 5.41) is 0. The minimum atomic E-state index is -0.0371. The van der Waals surface area contributed by atoms with Gasteiger partial charge in [-0.2, -0.15) is 0 Å². The summed E-state index contributed by atoms with van der Waals surface area (Å²) < 4.78 is 0. The van der Waals surface area contributed by atoms with Gasteiger partial charge in [0.2, 0.25) is 0 Å². The Morgan fingerprint density at radius 2 is 1.63 bits per heavy atom. The highest BCUT2D eigenvalue weighted by atomic mass is 14.8. The number of nitrogens with two attached hydrogens (primary N) is 1. The highest BCUT2D eigenvalue weighted by molar-refractivity contribution is 5.27. The summed E-state index contributed by atoms with van der Waals surface area (Å²) >= 11 is 0. The fraction of sp³-hybridized carbons (Fsp3) is 0.667. The second kappa shape index (κ2) is 5.28. The van der Waals surface area contributed by atoms with E-state index in [-0.39, 0.29) is 11.0 Å². The molecule has 0 amide bonds. The molecule has 1 aliphatic carbocycles. The Morgan fingerprint density at radius 1 is 1.05 bits per heavy atom. The summed E-state index contributed by atoms with van der Waals surface area (Å²) in [6.07, 6.45) is 6.04. The normalized spacial score (nSPS) is 26.6. The molecule has 2 rings (SSSR count). The first-order valence-corrected chi connectivity index (χ1v) is 7.72. The first-order chi connectivity index (χ1) is 8.84. The van der Waals surface area contributed by atoms with Gasteiger partial charge in [0, 0.05) is 5.54 Å². The van der Waals surface area contributed by atoms with E-state index in [1.165, 1.54) is 30.4 Å². The van der Waals surface area contributed by atoms with Gasteiger partial charge in [0.25, 0.3) is 0 Å². The molecule has 0 bridgehead atoms. The summed E-state index contributed by atoms with van der Waals surface area (Å²) in [7, 11) is 0. The quantitative estimate of drug-likeness (QED) is 0.840. The molecule has 0 radical (unpaired) electrons. The van der Waals surface area contributed by atoms with Crippen molar-refractivity contribution in [2.75, 3.05) is 0 Å². The van der Waals surface area contributed by atoms with Crippen molar-refractivity contribution >= 4 is 0 Å². The van der Waals surface area contributed by atoms with E-state index in [4.69, 9.17) is 5.73 Å². The molecule has 19 heavy (non-hydrogen) atoms. The van der Waals surface area contributed by atoms with Crippen molar-refractivity contribution in [2.24, 2.45) is 11.1 Å². The van der Waals surface area contributed by atoms with Crippen molar-refractivity contribution in [1.82, 2.24) is 0 Å². The maximum Gasteiger partial charge on any atom is 0.0246 e. The number of benzene rings is 1. The first kappa shape index (κ1) is 14.6. The minimum absolute atomic E-state index is 0.0371. The topological polar surface area (TPSA) is 26.0 Å².